The van der Waals surface area contributed by atoms with Crippen LogP contribution in [0.5, 0.6) is 0 Å². The minimum atomic E-state index is -6.30. The van der Waals surface area contributed by atoms with E-state index in [9.17, 15) is 44.7 Å². The van der Waals surface area contributed by atoms with Crippen LogP contribution in [0, 0.1) is 0 Å². The van der Waals surface area contributed by atoms with Gasteiger partial charge in [0.05, 0.1) is 4.90 Å². The molecule has 0 atom stereocenters. The molecule has 2 aromatic carbocycles. The van der Waals surface area contributed by atoms with Crippen LogP contribution in [-0.4, -0.2) is 72.8 Å². The van der Waals surface area contributed by atoms with Gasteiger partial charge in [0.15, 0.2) is 0 Å². The second-order valence-electron chi connectivity index (χ2n) is 6.88. The number of halogens is 6. The van der Waals surface area contributed by atoms with Crippen LogP contribution in [0.2, 0.25) is 0 Å². The van der Waals surface area contributed by atoms with Gasteiger partial charge in [-0.15, -0.1) is 0 Å². The number of fused-ring (bicyclic) bond motifs is 1. The van der Waals surface area contributed by atoms with E-state index in [0.29, 0.717) is 10.8 Å². The summed E-state index contributed by atoms with van der Waals surface area (Å²) in [5.74, 6) is -2.59. The molecule has 1 heterocycles. The predicted molar refractivity (Wildman–Crippen MR) is 96.3 cm³/mol. The molecule has 31 heavy (non-hydrogen) atoms. The van der Waals surface area contributed by atoms with Gasteiger partial charge in [-0.2, -0.15) is 30.6 Å². The number of nitrogens with zero attached hydrogens (tertiary/aromatic N) is 2. The average Bonchev–Trinajstić information content (AvgIpc) is 2.70. The Morgan fingerprint density at radius 3 is 1.90 bits per heavy atom. The van der Waals surface area contributed by atoms with Gasteiger partial charge >= 0.3 is 18.0 Å². The number of carbonyl (C=O) groups is 1. The summed E-state index contributed by atoms with van der Waals surface area (Å²) in [5, 5.41) is 10.3. The summed E-state index contributed by atoms with van der Waals surface area (Å²) in [6.45, 7) is -2.58. The maximum absolute atomic E-state index is 13.0. The first kappa shape index (κ1) is 23.3. The number of piperazine rings is 1. The molecule has 0 radical (unpaired) electrons. The van der Waals surface area contributed by atoms with Gasteiger partial charge in [-0.3, -0.25) is 4.79 Å². The van der Waals surface area contributed by atoms with E-state index in [1.165, 1.54) is 12.1 Å². The van der Waals surface area contributed by atoms with Crippen molar-refractivity contribution in [2.75, 3.05) is 26.2 Å². The highest BCUT2D eigenvalue weighted by Crippen LogP contribution is 2.44. The van der Waals surface area contributed by atoms with Gasteiger partial charge < -0.3 is 10.0 Å². The molecule has 170 valence electrons. The number of aliphatic hydroxyl groups is 1. The monoisotopic (exact) mass is 470 g/mol. The molecule has 0 spiro atoms. The van der Waals surface area contributed by atoms with Crippen molar-refractivity contribution in [3.05, 3.63) is 42.5 Å². The first-order valence-electron chi connectivity index (χ1n) is 8.84. The van der Waals surface area contributed by atoms with E-state index in [-0.39, 0.29) is 9.80 Å². The van der Waals surface area contributed by atoms with Gasteiger partial charge in [-0.05, 0) is 11.5 Å². The second-order valence-corrected chi connectivity index (χ2v) is 8.79. The molecular formula is C18H16F6N2O4S. The molecule has 1 aliphatic rings. The first-order chi connectivity index (χ1) is 14.2. The number of sulfonamides is 1. The molecule has 1 aliphatic heterocycles. The minimum absolute atomic E-state index is 0.0764. The Labute approximate surface area is 172 Å². The fraction of sp³-hybridized carbons (Fsp3) is 0.389. The highest BCUT2D eigenvalue weighted by atomic mass is 32.2. The molecule has 1 amide bonds. The molecule has 0 aromatic heterocycles. The Hall–Kier alpha value is -2.38. The third kappa shape index (κ3) is 3.85. The maximum Gasteiger partial charge on any atom is 0.435 e. The van der Waals surface area contributed by atoms with Gasteiger partial charge in [0, 0.05) is 31.6 Å². The Bertz CT molecular complexity index is 1070. The lowest BCUT2D eigenvalue weighted by atomic mass is 10.0. The van der Waals surface area contributed by atoms with Crippen LogP contribution in [0.3, 0.4) is 0 Å². The van der Waals surface area contributed by atoms with Gasteiger partial charge in [0.2, 0.25) is 10.0 Å². The average molecular weight is 470 g/mol. The quantitative estimate of drug-likeness (QED) is 0.700. The molecule has 0 unspecified atom stereocenters. The summed E-state index contributed by atoms with van der Waals surface area (Å²) in [4.78, 5) is 12.1. The van der Waals surface area contributed by atoms with Crippen LogP contribution in [0.25, 0.3) is 10.8 Å². The van der Waals surface area contributed by atoms with Crippen molar-refractivity contribution in [1.29, 1.82) is 0 Å². The predicted octanol–water partition coefficient (Wildman–Crippen LogP) is 2.53. The largest absolute Gasteiger partial charge is 0.435 e. The van der Waals surface area contributed by atoms with E-state index < -0.39 is 60.1 Å². The van der Waals surface area contributed by atoms with Gasteiger partial charge in [0.1, 0.15) is 0 Å². The van der Waals surface area contributed by atoms with E-state index in [4.69, 9.17) is 0 Å². The molecule has 0 bridgehead atoms. The van der Waals surface area contributed by atoms with Crippen molar-refractivity contribution < 1.29 is 44.7 Å². The van der Waals surface area contributed by atoms with Crippen molar-refractivity contribution in [3.8, 4) is 0 Å². The van der Waals surface area contributed by atoms with Gasteiger partial charge in [-0.1, -0.05) is 36.4 Å². The number of carbonyl (C=O) groups excluding carboxylic acids is 1. The Morgan fingerprint density at radius 1 is 0.839 bits per heavy atom. The smallest absolute Gasteiger partial charge is 0.366 e. The molecule has 3 rings (SSSR count). The number of alkyl halides is 6. The molecular weight excluding hydrogens is 454 g/mol. The lowest BCUT2D eigenvalue weighted by Gasteiger charge is -2.39. The summed E-state index contributed by atoms with van der Waals surface area (Å²) in [6, 6.07) is 11.1. The van der Waals surface area contributed by atoms with E-state index in [0.717, 1.165) is 4.31 Å². The standard InChI is InChI=1S/C18H16F6N2O4S/c19-17(20,21)16(28,18(22,23)24)15(27)25-8-10-26(11-9-25)31(29,30)14-7-3-5-12-4-1-2-6-13(12)14/h1-7,28H,8-11H2. The Kier molecular flexibility index (Phi) is 5.74. The summed E-state index contributed by atoms with van der Waals surface area (Å²) >= 11 is 0. The number of amides is 1. The lowest BCUT2D eigenvalue weighted by molar-refractivity contribution is -0.353. The maximum atomic E-state index is 13.0. The Balaban J connectivity index is 1.84. The van der Waals surface area contributed by atoms with E-state index in [2.05, 4.69) is 0 Å². The van der Waals surface area contributed by atoms with Crippen LogP contribution in [0.4, 0.5) is 26.3 Å². The number of rotatable bonds is 3. The fourth-order valence-corrected chi connectivity index (χ4v) is 4.96. The van der Waals surface area contributed by atoms with Crippen molar-refractivity contribution in [2.24, 2.45) is 0 Å². The highest BCUT2D eigenvalue weighted by Gasteiger charge is 2.76. The molecule has 0 saturated carbocycles. The van der Waals surface area contributed by atoms with Crippen molar-refractivity contribution in [3.63, 3.8) is 0 Å². The third-order valence-electron chi connectivity index (χ3n) is 5.02. The van der Waals surface area contributed by atoms with Crippen LogP contribution in [0.1, 0.15) is 0 Å². The zero-order valence-corrected chi connectivity index (χ0v) is 16.4. The first-order valence-corrected chi connectivity index (χ1v) is 10.3. The van der Waals surface area contributed by atoms with E-state index in [1.807, 2.05) is 0 Å². The summed E-state index contributed by atoms with van der Waals surface area (Å²) in [5.41, 5.74) is -5.57. The second kappa shape index (κ2) is 7.64. The molecule has 1 saturated heterocycles. The zero-order valence-electron chi connectivity index (χ0n) is 15.6. The van der Waals surface area contributed by atoms with Crippen LogP contribution < -0.4 is 0 Å². The van der Waals surface area contributed by atoms with E-state index in [1.54, 1.807) is 30.3 Å². The van der Waals surface area contributed by atoms with Crippen molar-refractivity contribution >= 4 is 26.7 Å². The van der Waals surface area contributed by atoms with Crippen molar-refractivity contribution in [2.45, 2.75) is 22.8 Å². The highest BCUT2D eigenvalue weighted by molar-refractivity contribution is 7.89. The van der Waals surface area contributed by atoms with E-state index >= 15 is 0 Å². The van der Waals surface area contributed by atoms with Crippen LogP contribution in [-0.2, 0) is 14.8 Å². The molecule has 1 N–H and O–H groups in total. The lowest BCUT2D eigenvalue weighted by Crippen LogP contribution is -2.68. The third-order valence-corrected chi connectivity index (χ3v) is 6.98. The SMILES string of the molecule is O=C(N1CCN(S(=O)(=O)c2cccc3ccccc23)CC1)C(O)(C(F)(F)F)C(F)(F)F. The van der Waals surface area contributed by atoms with Crippen molar-refractivity contribution in [1.82, 2.24) is 9.21 Å². The number of benzene rings is 2. The summed E-state index contributed by atoms with van der Waals surface area (Å²) < 4.78 is 104. The summed E-state index contributed by atoms with van der Waals surface area (Å²) in [6.07, 6.45) is -12.6. The van der Waals surface area contributed by atoms with Gasteiger partial charge in [0.25, 0.3) is 5.91 Å². The zero-order chi connectivity index (χ0) is 23.2. The number of hydrogen-bond acceptors (Lipinski definition) is 4. The fourth-order valence-electron chi connectivity index (χ4n) is 3.32. The minimum Gasteiger partial charge on any atom is -0.366 e. The van der Waals surface area contributed by atoms with Gasteiger partial charge in [-0.25, -0.2) is 8.42 Å². The Morgan fingerprint density at radius 2 is 1.35 bits per heavy atom. The number of hydrogen-bond donors (Lipinski definition) is 1. The molecule has 2 aromatic rings. The normalized spacial score (nSPS) is 17.2. The summed E-state index contributed by atoms with van der Waals surface area (Å²) in [7, 11) is -4.14. The topological polar surface area (TPSA) is 77.9 Å². The molecule has 6 nitrogen and oxygen atoms in total. The molecule has 13 heteroatoms. The molecule has 0 aliphatic carbocycles. The molecule has 1 fully saturated rings. The van der Waals surface area contributed by atoms with Crippen LogP contribution in [0.15, 0.2) is 47.4 Å². The van der Waals surface area contributed by atoms with Crippen LogP contribution >= 0.6 is 0 Å².